The van der Waals surface area contributed by atoms with Gasteiger partial charge < -0.3 is 4.52 Å². The van der Waals surface area contributed by atoms with Crippen molar-refractivity contribution in [3.8, 4) is 11.3 Å². The van der Waals surface area contributed by atoms with E-state index in [1.54, 1.807) is 32.2 Å². The minimum atomic E-state index is -3.70. The van der Waals surface area contributed by atoms with E-state index < -0.39 is 10.0 Å². The number of sulfonamides is 1. The van der Waals surface area contributed by atoms with Gasteiger partial charge in [0.1, 0.15) is 0 Å². The molecule has 0 fully saturated rings. The Morgan fingerprint density at radius 2 is 1.73 bits per heavy atom. The second-order valence-electron chi connectivity index (χ2n) is 6.51. The standard InChI is InChI=1S/C20H22N2O3S/c1-13-7-6-8-18(11-13)22(5)26(23,24)19-12-17(10-9-14(19)2)20-15(3)16(4)21-25-20/h6-12H,1-5H3. The summed E-state index contributed by atoms with van der Waals surface area (Å²) >= 11 is 0. The van der Waals surface area contributed by atoms with Gasteiger partial charge in [0.2, 0.25) is 0 Å². The monoisotopic (exact) mass is 370 g/mol. The van der Waals surface area contributed by atoms with Gasteiger partial charge in [-0.15, -0.1) is 0 Å². The van der Waals surface area contributed by atoms with Gasteiger partial charge in [-0.05, 0) is 57.0 Å². The Kier molecular flexibility index (Phi) is 4.63. The summed E-state index contributed by atoms with van der Waals surface area (Å²) in [5, 5.41) is 3.96. The average molecular weight is 370 g/mol. The third-order valence-corrected chi connectivity index (χ3v) is 6.54. The minimum absolute atomic E-state index is 0.257. The molecule has 0 saturated carbocycles. The van der Waals surface area contributed by atoms with Gasteiger partial charge in [0.25, 0.3) is 10.0 Å². The summed E-state index contributed by atoms with van der Waals surface area (Å²) in [5.41, 5.74) is 4.71. The maximum absolute atomic E-state index is 13.2. The van der Waals surface area contributed by atoms with Gasteiger partial charge >= 0.3 is 0 Å². The lowest BCUT2D eigenvalue weighted by Crippen LogP contribution is -2.27. The molecule has 1 aromatic heterocycles. The number of aromatic nitrogens is 1. The fourth-order valence-corrected chi connectivity index (χ4v) is 4.25. The molecular formula is C20H22N2O3S. The first-order valence-corrected chi connectivity index (χ1v) is 9.75. The van der Waals surface area contributed by atoms with Crippen molar-refractivity contribution < 1.29 is 12.9 Å². The van der Waals surface area contributed by atoms with Crippen LogP contribution in [0.1, 0.15) is 22.4 Å². The Labute approximate surface area is 154 Å². The summed E-state index contributed by atoms with van der Waals surface area (Å²) in [4.78, 5) is 0.257. The first kappa shape index (κ1) is 18.2. The molecule has 136 valence electrons. The molecule has 5 nitrogen and oxygen atoms in total. The Bertz CT molecular complexity index is 1070. The molecule has 0 radical (unpaired) electrons. The summed E-state index contributed by atoms with van der Waals surface area (Å²) in [6, 6.07) is 12.7. The third kappa shape index (κ3) is 3.12. The van der Waals surface area contributed by atoms with Gasteiger partial charge in [-0.1, -0.05) is 29.4 Å². The highest BCUT2D eigenvalue weighted by Crippen LogP contribution is 2.31. The zero-order valence-corrected chi connectivity index (χ0v) is 16.4. The predicted molar refractivity (Wildman–Crippen MR) is 103 cm³/mol. The first-order valence-electron chi connectivity index (χ1n) is 8.31. The Balaban J connectivity index is 2.10. The molecule has 3 rings (SSSR count). The molecule has 0 aliphatic carbocycles. The van der Waals surface area contributed by atoms with Crippen LogP contribution in [0.5, 0.6) is 0 Å². The van der Waals surface area contributed by atoms with Crippen LogP contribution >= 0.6 is 0 Å². The van der Waals surface area contributed by atoms with E-state index in [4.69, 9.17) is 4.52 Å². The highest BCUT2D eigenvalue weighted by Gasteiger charge is 2.25. The highest BCUT2D eigenvalue weighted by atomic mass is 32.2. The maximum Gasteiger partial charge on any atom is 0.264 e. The third-order valence-electron chi connectivity index (χ3n) is 4.61. The van der Waals surface area contributed by atoms with Crippen LogP contribution in [0.15, 0.2) is 51.9 Å². The van der Waals surface area contributed by atoms with E-state index in [2.05, 4.69) is 5.16 Å². The van der Waals surface area contributed by atoms with E-state index in [1.807, 2.05) is 45.0 Å². The average Bonchev–Trinajstić information content (AvgIpc) is 2.94. The van der Waals surface area contributed by atoms with Crippen LogP contribution in [0, 0.1) is 27.7 Å². The van der Waals surface area contributed by atoms with Crippen LogP contribution in [0.25, 0.3) is 11.3 Å². The van der Waals surface area contributed by atoms with E-state index >= 15 is 0 Å². The molecule has 0 N–H and O–H groups in total. The van der Waals surface area contributed by atoms with Gasteiger partial charge in [-0.3, -0.25) is 4.31 Å². The Hall–Kier alpha value is -2.60. The van der Waals surface area contributed by atoms with E-state index in [0.29, 0.717) is 22.6 Å². The Morgan fingerprint density at radius 1 is 1.00 bits per heavy atom. The number of anilines is 1. The van der Waals surface area contributed by atoms with Gasteiger partial charge in [0.15, 0.2) is 5.76 Å². The van der Waals surface area contributed by atoms with Gasteiger partial charge in [0, 0.05) is 18.2 Å². The van der Waals surface area contributed by atoms with Crippen LogP contribution in [0.3, 0.4) is 0 Å². The summed E-state index contributed by atoms with van der Waals surface area (Å²) < 4.78 is 33.1. The number of nitrogens with zero attached hydrogens (tertiary/aromatic N) is 2. The normalized spacial score (nSPS) is 11.6. The maximum atomic E-state index is 13.2. The van der Waals surface area contributed by atoms with E-state index in [0.717, 1.165) is 16.8 Å². The van der Waals surface area contributed by atoms with Crippen molar-refractivity contribution in [3.05, 3.63) is 64.8 Å². The summed E-state index contributed by atoms with van der Waals surface area (Å²) in [5.74, 6) is 0.595. The van der Waals surface area contributed by atoms with Crippen molar-refractivity contribution in [2.24, 2.45) is 0 Å². The van der Waals surface area contributed by atoms with Crippen molar-refractivity contribution in [2.45, 2.75) is 32.6 Å². The number of aryl methyl sites for hydroxylation is 3. The van der Waals surface area contributed by atoms with Crippen molar-refractivity contribution in [2.75, 3.05) is 11.4 Å². The number of hydrogen-bond donors (Lipinski definition) is 0. The highest BCUT2D eigenvalue weighted by molar-refractivity contribution is 7.92. The minimum Gasteiger partial charge on any atom is -0.356 e. The topological polar surface area (TPSA) is 63.4 Å². The zero-order valence-electron chi connectivity index (χ0n) is 15.6. The molecule has 0 spiro atoms. The molecule has 6 heteroatoms. The van der Waals surface area contributed by atoms with Crippen LogP contribution in [-0.4, -0.2) is 20.6 Å². The smallest absolute Gasteiger partial charge is 0.264 e. The van der Waals surface area contributed by atoms with E-state index in [1.165, 1.54) is 4.31 Å². The molecule has 0 bridgehead atoms. The lowest BCUT2D eigenvalue weighted by molar-refractivity contribution is 0.426. The van der Waals surface area contributed by atoms with Gasteiger partial charge in [-0.25, -0.2) is 8.42 Å². The van der Waals surface area contributed by atoms with Crippen molar-refractivity contribution in [1.29, 1.82) is 0 Å². The van der Waals surface area contributed by atoms with Crippen LogP contribution < -0.4 is 4.31 Å². The summed E-state index contributed by atoms with van der Waals surface area (Å²) in [6.07, 6.45) is 0. The summed E-state index contributed by atoms with van der Waals surface area (Å²) in [7, 11) is -2.14. The van der Waals surface area contributed by atoms with Gasteiger partial charge in [0.05, 0.1) is 16.3 Å². The number of benzene rings is 2. The molecule has 0 aliphatic rings. The van der Waals surface area contributed by atoms with Gasteiger partial charge in [-0.2, -0.15) is 0 Å². The second-order valence-corrected chi connectivity index (χ2v) is 8.45. The molecule has 3 aromatic rings. The van der Waals surface area contributed by atoms with Crippen LogP contribution in [-0.2, 0) is 10.0 Å². The molecule has 0 amide bonds. The van der Waals surface area contributed by atoms with E-state index in [9.17, 15) is 8.42 Å². The SMILES string of the molecule is Cc1cccc(N(C)S(=O)(=O)c2cc(-c3onc(C)c3C)ccc2C)c1. The summed E-state index contributed by atoms with van der Waals surface area (Å²) in [6.45, 7) is 7.50. The zero-order chi connectivity index (χ0) is 19.1. The lowest BCUT2D eigenvalue weighted by atomic mass is 10.1. The number of hydrogen-bond acceptors (Lipinski definition) is 4. The molecule has 0 atom stereocenters. The molecule has 2 aromatic carbocycles. The lowest BCUT2D eigenvalue weighted by Gasteiger charge is -2.21. The van der Waals surface area contributed by atoms with Crippen LogP contribution in [0.2, 0.25) is 0 Å². The number of rotatable bonds is 4. The van der Waals surface area contributed by atoms with Crippen molar-refractivity contribution in [1.82, 2.24) is 5.16 Å². The van der Waals surface area contributed by atoms with E-state index in [-0.39, 0.29) is 4.90 Å². The Morgan fingerprint density at radius 3 is 2.35 bits per heavy atom. The molecule has 0 aliphatic heterocycles. The molecular weight excluding hydrogens is 348 g/mol. The fourth-order valence-electron chi connectivity index (χ4n) is 2.81. The van der Waals surface area contributed by atoms with Crippen LogP contribution in [0.4, 0.5) is 5.69 Å². The molecule has 0 unspecified atom stereocenters. The quantitative estimate of drug-likeness (QED) is 0.683. The molecule has 1 heterocycles. The first-order chi connectivity index (χ1) is 12.2. The fraction of sp³-hybridized carbons (Fsp3) is 0.250. The van der Waals surface area contributed by atoms with Crippen molar-refractivity contribution >= 4 is 15.7 Å². The second kappa shape index (κ2) is 6.61. The molecule has 26 heavy (non-hydrogen) atoms. The van der Waals surface area contributed by atoms with Crippen molar-refractivity contribution in [3.63, 3.8) is 0 Å². The largest absolute Gasteiger partial charge is 0.356 e. The molecule has 0 saturated heterocycles. The predicted octanol–water partition coefficient (Wildman–Crippen LogP) is 4.40.